The van der Waals surface area contributed by atoms with E-state index in [4.69, 9.17) is 0 Å². The van der Waals surface area contributed by atoms with Crippen LogP contribution in [0.4, 0.5) is 18.9 Å². The maximum absolute atomic E-state index is 12.2. The van der Waals surface area contributed by atoms with Crippen LogP contribution in [0.2, 0.25) is 0 Å². The molecule has 2 N–H and O–H groups in total. The minimum absolute atomic E-state index is 0.0907. The van der Waals surface area contributed by atoms with Crippen molar-refractivity contribution >= 4 is 17.4 Å². The van der Waals surface area contributed by atoms with E-state index in [1.807, 2.05) is 5.32 Å². The van der Waals surface area contributed by atoms with Gasteiger partial charge in [-0.15, -0.1) is 0 Å². The standard InChI is InChI=1S/C11H10F3N3O/c12-11(13,14)10(18)17-8-4-2-1-3-7(8)9-15-5-6-16-9/h1-4H,5-6H2,(H,15,16)(H,17,18). The Labute approximate surface area is 101 Å². The van der Waals surface area contributed by atoms with Gasteiger partial charge in [0, 0.05) is 12.1 Å². The number of aliphatic imine (C=N–C) groups is 1. The van der Waals surface area contributed by atoms with Crippen LogP contribution in [-0.2, 0) is 4.79 Å². The first-order chi connectivity index (χ1) is 8.48. The summed E-state index contributed by atoms with van der Waals surface area (Å²) in [5.74, 6) is -1.50. The number of amides is 1. The Morgan fingerprint density at radius 2 is 2.06 bits per heavy atom. The molecule has 1 aromatic carbocycles. The van der Waals surface area contributed by atoms with Crippen LogP contribution in [0.5, 0.6) is 0 Å². The van der Waals surface area contributed by atoms with Gasteiger partial charge in [0.25, 0.3) is 0 Å². The van der Waals surface area contributed by atoms with Crippen molar-refractivity contribution in [3.8, 4) is 0 Å². The van der Waals surface area contributed by atoms with Gasteiger partial charge in [-0.1, -0.05) is 12.1 Å². The Hall–Kier alpha value is -2.05. The third kappa shape index (κ3) is 2.61. The SMILES string of the molecule is O=C(Nc1ccccc1C1=NCCN1)C(F)(F)F. The normalized spacial score (nSPS) is 14.9. The Morgan fingerprint density at radius 3 is 2.67 bits per heavy atom. The predicted molar refractivity (Wildman–Crippen MR) is 60.5 cm³/mol. The van der Waals surface area contributed by atoms with Crippen LogP contribution in [0.15, 0.2) is 29.3 Å². The molecule has 0 saturated heterocycles. The molecule has 2 rings (SSSR count). The number of para-hydroxylation sites is 1. The molecule has 4 nitrogen and oxygen atoms in total. The highest BCUT2D eigenvalue weighted by Gasteiger charge is 2.39. The number of carbonyl (C=O) groups is 1. The molecule has 7 heteroatoms. The summed E-state index contributed by atoms with van der Waals surface area (Å²) in [6.45, 7) is 1.20. The number of hydrogen-bond acceptors (Lipinski definition) is 3. The van der Waals surface area contributed by atoms with E-state index < -0.39 is 12.1 Å². The minimum Gasteiger partial charge on any atom is -0.368 e. The lowest BCUT2D eigenvalue weighted by atomic mass is 10.1. The largest absolute Gasteiger partial charge is 0.471 e. The minimum atomic E-state index is -4.90. The highest BCUT2D eigenvalue weighted by Crippen LogP contribution is 2.21. The molecule has 0 aromatic heterocycles. The van der Waals surface area contributed by atoms with Crippen molar-refractivity contribution in [2.75, 3.05) is 18.4 Å². The number of rotatable bonds is 2. The number of benzene rings is 1. The molecular weight excluding hydrogens is 247 g/mol. The molecule has 1 heterocycles. The molecule has 0 fully saturated rings. The summed E-state index contributed by atoms with van der Waals surface area (Å²) in [5, 5.41) is 4.79. The summed E-state index contributed by atoms with van der Waals surface area (Å²) in [6.07, 6.45) is -4.90. The van der Waals surface area contributed by atoms with Gasteiger partial charge in [-0.2, -0.15) is 13.2 Å². The van der Waals surface area contributed by atoms with E-state index in [1.165, 1.54) is 6.07 Å². The molecule has 1 aliphatic heterocycles. The van der Waals surface area contributed by atoms with Gasteiger partial charge in [0.2, 0.25) is 0 Å². The fourth-order valence-corrected chi connectivity index (χ4v) is 1.57. The van der Waals surface area contributed by atoms with E-state index in [0.717, 1.165) is 0 Å². The Bertz CT molecular complexity index is 497. The van der Waals surface area contributed by atoms with E-state index in [2.05, 4.69) is 10.3 Å². The zero-order chi connectivity index (χ0) is 13.2. The van der Waals surface area contributed by atoms with E-state index in [9.17, 15) is 18.0 Å². The number of hydrogen-bond donors (Lipinski definition) is 2. The van der Waals surface area contributed by atoms with Crippen LogP contribution < -0.4 is 10.6 Å². The number of carbonyl (C=O) groups excluding carboxylic acids is 1. The fourth-order valence-electron chi connectivity index (χ4n) is 1.57. The maximum Gasteiger partial charge on any atom is 0.471 e. The second kappa shape index (κ2) is 4.67. The highest BCUT2D eigenvalue weighted by atomic mass is 19.4. The summed E-state index contributed by atoms with van der Waals surface area (Å²) >= 11 is 0. The van der Waals surface area contributed by atoms with Crippen molar-refractivity contribution < 1.29 is 18.0 Å². The third-order valence-electron chi connectivity index (χ3n) is 2.36. The smallest absolute Gasteiger partial charge is 0.368 e. The number of alkyl halides is 3. The van der Waals surface area contributed by atoms with Gasteiger partial charge < -0.3 is 10.6 Å². The fraction of sp³-hybridized carbons (Fsp3) is 0.273. The van der Waals surface area contributed by atoms with Crippen LogP contribution in [0.25, 0.3) is 0 Å². The number of nitrogens with zero attached hydrogens (tertiary/aromatic N) is 1. The molecule has 0 unspecified atom stereocenters. The van der Waals surface area contributed by atoms with Crippen molar-refractivity contribution in [2.45, 2.75) is 6.18 Å². The Morgan fingerprint density at radius 1 is 1.33 bits per heavy atom. The first-order valence-electron chi connectivity index (χ1n) is 5.24. The molecule has 1 aromatic rings. The van der Waals surface area contributed by atoms with Gasteiger partial charge in [0.15, 0.2) is 0 Å². The van der Waals surface area contributed by atoms with Crippen molar-refractivity contribution in [3.05, 3.63) is 29.8 Å². The van der Waals surface area contributed by atoms with Crippen molar-refractivity contribution in [1.82, 2.24) is 5.32 Å². The van der Waals surface area contributed by atoms with Crippen LogP contribution in [-0.4, -0.2) is 31.0 Å². The van der Waals surface area contributed by atoms with Gasteiger partial charge in [-0.25, -0.2) is 0 Å². The molecule has 0 atom stereocenters. The van der Waals surface area contributed by atoms with Gasteiger partial charge in [-0.3, -0.25) is 9.79 Å². The van der Waals surface area contributed by atoms with Gasteiger partial charge in [-0.05, 0) is 12.1 Å². The quantitative estimate of drug-likeness (QED) is 0.844. The summed E-state index contributed by atoms with van der Waals surface area (Å²) in [6, 6.07) is 6.22. The molecule has 0 spiro atoms. The summed E-state index contributed by atoms with van der Waals surface area (Å²) in [5.41, 5.74) is 0.542. The van der Waals surface area contributed by atoms with Crippen LogP contribution >= 0.6 is 0 Å². The lowest BCUT2D eigenvalue weighted by Crippen LogP contribution is -2.31. The van der Waals surface area contributed by atoms with E-state index in [-0.39, 0.29) is 5.69 Å². The third-order valence-corrected chi connectivity index (χ3v) is 2.36. The summed E-state index contributed by atoms with van der Waals surface area (Å²) < 4.78 is 36.6. The number of anilines is 1. The van der Waals surface area contributed by atoms with Crippen LogP contribution in [0.3, 0.4) is 0 Å². The van der Waals surface area contributed by atoms with Crippen LogP contribution in [0.1, 0.15) is 5.56 Å². The molecule has 0 bridgehead atoms. The molecule has 1 amide bonds. The van der Waals surface area contributed by atoms with Crippen molar-refractivity contribution in [3.63, 3.8) is 0 Å². The molecular formula is C11H10F3N3O. The number of nitrogens with one attached hydrogen (secondary N) is 2. The zero-order valence-electron chi connectivity index (χ0n) is 9.21. The van der Waals surface area contributed by atoms with Gasteiger partial charge in [0.1, 0.15) is 5.84 Å². The molecule has 1 aliphatic rings. The van der Waals surface area contributed by atoms with Crippen LogP contribution in [0, 0.1) is 0 Å². The monoisotopic (exact) mass is 257 g/mol. The first-order valence-corrected chi connectivity index (χ1v) is 5.24. The second-order valence-corrected chi connectivity index (χ2v) is 3.65. The van der Waals surface area contributed by atoms with E-state index in [1.54, 1.807) is 18.2 Å². The summed E-state index contributed by atoms with van der Waals surface area (Å²) in [4.78, 5) is 15.0. The zero-order valence-corrected chi connectivity index (χ0v) is 9.21. The highest BCUT2D eigenvalue weighted by molar-refractivity contribution is 6.07. The Balaban J connectivity index is 2.26. The average molecular weight is 257 g/mol. The first kappa shape index (κ1) is 12.4. The second-order valence-electron chi connectivity index (χ2n) is 3.65. The van der Waals surface area contributed by atoms with Gasteiger partial charge in [0.05, 0.1) is 12.2 Å². The average Bonchev–Trinajstić information content (AvgIpc) is 2.82. The molecule has 96 valence electrons. The maximum atomic E-state index is 12.2. The number of amidine groups is 1. The topological polar surface area (TPSA) is 53.5 Å². The number of halogens is 3. The van der Waals surface area contributed by atoms with Crippen molar-refractivity contribution in [2.24, 2.45) is 4.99 Å². The molecule has 0 aliphatic carbocycles. The molecule has 18 heavy (non-hydrogen) atoms. The van der Waals surface area contributed by atoms with E-state index >= 15 is 0 Å². The molecule has 0 saturated carbocycles. The predicted octanol–water partition coefficient (Wildman–Crippen LogP) is 1.54. The lowest BCUT2D eigenvalue weighted by Gasteiger charge is -2.12. The summed E-state index contributed by atoms with van der Waals surface area (Å²) in [7, 11) is 0. The lowest BCUT2D eigenvalue weighted by molar-refractivity contribution is -0.167. The molecule has 0 radical (unpaired) electrons. The van der Waals surface area contributed by atoms with Crippen molar-refractivity contribution in [1.29, 1.82) is 0 Å². The van der Waals surface area contributed by atoms with E-state index in [0.29, 0.717) is 24.5 Å². The Kier molecular flexibility index (Phi) is 3.22. The van der Waals surface area contributed by atoms with Gasteiger partial charge >= 0.3 is 12.1 Å².